The number of nitrogens with one attached hydrogen (secondary N) is 1. The van der Waals surface area contributed by atoms with E-state index in [1.54, 1.807) is 7.11 Å². The van der Waals surface area contributed by atoms with Gasteiger partial charge in [0.25, 0.3) is 0 Å². The van der Waals surface area contributed by atoms with E-state index >= 15 is 0 Å². The number of fused-ring (bicyclic) bond motifs is 1. The Kier molecular flexibility index (Phi) is 4.40. The summed E-state index contributed by atoms with van der Waals surface area (Å²) < 4.78 is 45.1. The first-order chi connectivity index (χ1) is 11.0. The van der Waals surface area contributed by atoms with Crippen LogP contribution in [-0.4, -0.2) is 54.0 Å². The molecule has 1 aliphatic rings. The fourth-order valence-corrected chi connectivity index (χ4v) is 2.82. The summed E-state index contributed by atoms with van der Waals surface area (Å²) >= 11 is 0. The van der Waals surface area contributed by atoms with Crippen LogP contribution in [0.4, 0.5) is 19.0 Å². The van der Waals surface area contributed by atoms with Crippen molar-refractivity contribution in [3.8, 4) is 0 Å². The Morgan fingerprint density at radius 3 is 3.00 bits per heavy atom. The number of aromatic nitrogens is 3. The molecular weight excluding hydrogens is 311 g/mol. The van der Waals surface area contributed by atoms with Crippen LogP contribution < -0.4 is 10.2 Å². The fourth-order valence-electron chi connectivity index (χ4n) is 2.82. The molecule has 2 aromatic rings. The minimum atomic E-state index is -4.47. The maximum atomic E-state index is 12.9. The predicted molar refractivity (Wildman–Crippen MR) is 78.5 cm³/mol. The van der Waals surface area contributed by atoms with E-state index in [0.29, 0.717) is 24.5 Å². The summed E-state index contributed by atoms with van der Waals surface area (Å²) in [5.74, 6) is 0.526. The van der Waals surface area contributed by atoms with Crippen molar-refractivity contribution >= 4 is 11.3 Å². The molecule has 0 aromatic carbocycles. The molecule has 0 aliphatic carbocycles. The van der Waals surface area contributed by atoms with Crippen LogP contribution in [0.3, 0.4) is 0 Å². The van der Waals surface area contributed by atoms with Gasteiger partial charge in [-0.1, -0.05) is 0 Å². The second-order valence-electron chi connectivity index (χ2n) is 5.44. The number of piperazine rings is 1. The first-order valence-corrected chi connectivity index (χ1v) is 7.38. The molecule has 0 saturated carbocycles. The van der Waals surface area contributed by atoms with Gasteiger partial charge in [-0.05, 0) is 6.42 Å². The third-order valence-electron chi connectivity index (χ3n) is 3.94. The first-order valence-electron chi connectivity index (χ1n) is 7.38. The molecule has 3 rings (SSSR count). The lowest BCUT2D eigenvalue weighted by atomic mass is 10.1. The third-order valence-corrected chi connectivity index (χ3v) is 3.94. The molecule has 1 unspecified atom stereocenters. The van der Waals surface area contributed by atoms with Crippen molar-refractivity contribution in [2.45, 2.75) is 18.6 Å². The van der Waals surface area contributed by atoms with Gasteiger partial charge in [0.2, 0.25) is 0 Å². The van der Waals surface area contributed by atoms with Gasteiger partial charge in [-0.15, -0.1) is 0 Å². The number of hydrogen-bond acceptors (Lipinski definition) is 5. The molecular formula is C14H18F3N5O. The Morgan fingerprint density at radius 2 is 2.26 bits per heavy atom. The standard InChI is InChI=1S/C14H18F3N5O/c1-23-7-2-10-9-18-3-5-21(10)13-11-8-12(14(15,16)17)20-22(11)6-4-19-13/h4,6,8,10,18H,2-3,5,7,9H2,1H3. The maximum Gasteiger partial charge on any atom is 0.435 e. The lowest BCUT2D eigenvalue weighted by molar-refractivity contribution is -0.141. The monoisotopic (exact) mass is 329 g/mol. The zero-order valence-corrected chi connectivity index (χ0v) is 12.7. The highest BCUT2D eigenvalue weighted by Gasteiger charge is 2.35. The number of ether oxygens (including phenoxy) is 1. The number of halogens is 3. The SMILES string of the molecule is COCCC1CNCCN1c1nccn2nc(C(F)(F)F)cc12. The van der Waals surface area contributed by atoms with E-state index in [1.165, 1.54) is 16.9 Å². The van der Waals surface area contributed by atoms with Crippen molar-refractivity contribution in [1.29, 1.82) is 0 Å². The molecule has 9 heteroatoms. The van der Waals surface area contributed by atoms with E-state index in [-0.39, 0.29) is 6.04 Å². The molecule has 1 aliphatic heterocycles. The Morgan fingerprint density at radius 1 is 1.43 bits per heavy atom. The second-order valence-corrected chi connectivity index (χ2v) is 5.44. The van der Waals surface area contributed by atoms with Gasteiger partial charge in [-0.25, -0.2) is 9.50 Å². The van der Waals surface area contributed by atoms with E-state index in [0.717, 1.165) is 25.6 Å². The van der Waals surface area contributed by atoms with Crippen molar-refractivity contribution in [3.05, 3.63) is 24.2 Å². The number of alkyl halides is 3. The second kappa shape index (κ2) is 6.32. The molecule has 0 amide bonds. The normalized spacial score (nSPS) is 19.5. The zero-order chi connectivity index (χ0) is 16.4. The topological polar surface area (TPSA) is 54.7 Å². The first kappa shape index (κ1) is 16.0. The van der Waals surface area contributed by atoms with Crippen LogP contribution in [0.15, 0.2) is 18.5 Å². The van der Waals surface area contributed by atoms with E-state index < -0.39 is 11.9 Å². The molecule has 6 nitrogen and oxygen atoms in total. The Bertz CT molecular complexity index is 672. The van der Waals surface area contributed by atoms with E-state index in [9.17, 15) is 13.2 Å². The minimum Gasteiger partial charge on any atom is -0.385 e. The van der Waals surface area contributed by atoms with Crippen molar-refractivity contribution < 1.29 is 17.9 Å². The number of rotatable bonds is 4. The summed E-state index contributed by atoms with van der Waals surface area (Å²) in [5.41, 5.74) is -0.542. The van der Waals surface area contributed by atoms with Gasteiger partial charge in [0.05, 0.1) is 0 Å². The maximum absolute atomic E-state index is 12.9. The number of nitrogens with zero attached hydrogens (tertiary/aromatic N) is 4. The number of hydrogen-bond donors (Lipinski definition) is 1. The largest absolute Gasteiger partial charge is 0.435 e. The van der Waals surface area contributed by atoms with E-state index in [4.69, 9.17) is 4.74 Å². The molecule has 1 N–H and O–H groups in total. The summed E-state index contributed by atoms with van der Waals surface area (Å²) in [6, 6.07) is 1.17. The summed E-state index contributed by atoms with van der Waals surface area (Å²) in [7, 11) is 1.63. The van der Waals surface area contributed by atoms with Gasteiger partial charge in [-0.3, -0.25) is 0 Å². The molecule has 23 heavy (non-hydrogen) atoms. The van der Waals surface area contributed by atoms with Crippen LogP contribution in [0.25, 0.3) is 5.52 Å². The Hall–Kier alpha value is -1.87. The summed E-state index contributed by atoms with van der Waals surface area (Å²) in [5, 5.41) is 6.90. The van der Waals surface area contributed by atoms with Crippen molar-refractivity contribution in [1.82, 2.24) is 19.9 Å². The quantitative estimate of drug-likeness (QED) is 0.923. The van der Waals surface area contributed by atoms with Gasteiger partial charge in [0, 0.05) is 57.9 Å². The molecule has 0 radical (unpaired) electrons. The van der Waals surface area contributed by atoms with Crippen LogP contribution in [0.1, 0.15) is 12.1 Å². The van der Waals surface area contributed by atoms with Crippen LogP contribution >= 0.6 is 0 Å². The number of anilines is 1. The Balaban J connectivity index is 1.98. The van der Waals surface area contributed by atoms with Gasteiger partial charge >= 0.3 is 6.18 Å². The molecule has 1 saturated heterocycles. The fraction of sp³-hybridized carbons (Fsp3) is 0.571. The van der Waals surface area contributed by atoms with Crippen LogP contribution in [0.5, 0.6) is 0 Å². The van der Waals surface area contributed by atoms with Crippen LogP contribution in [-0.2, 0) is 10.9 Å². The summed E-state index contributed by atoms with van der Waals surface area (Å²) in [6.07, 6.45) is -0.792. The molecule has 126 valence electrons. The Labute approximate surface area is 131 Å². The van der Waals surface area contributed by atoms with E-state index in [1.807, 2.05) is 4.90 Å². The summed E-state index contributed by atoms with van der Waals surface area (Å²) in [6.45, 7) is 2.76. The molecule has 1 fully saturated rings. The van der Waals surface area contributed by atoms with Gasteiger partial charge in [0.15, 0.2) is 11.5 Å². The average Bonchev–Trinajstić information content (AvgIpc) is 2.97. The van der Waals surface area contributed by atoms with E-state index in [2.05, 4.69) is 15.4 Å². The molecule has 0 spiro atoms. The highest BCUT2D eigenvalue weighted by Crippen LogP contribution is 2.31. The van der Waals surface area contributed by atoms with Gasteiger partial charge in [0.1, 0.15) is 5.52 Å². The highest BCUT2D eigenvalue weighted by atomic mass is 19.4. The molecule has 1 atom stereocenters. The minimum absolute atomic E-state index is 0.117. The zero-order valence-electron chi connectivity index (χ0n) is 12.7. The van der Waals surface area contributed by atoms with Crippen molar-refractivity contribution in [3.63, 3.8) is 0 Å². The number of methoxy groups -OCH3 is 1. The smallest absolute Gasteiger partial charge is 0.385 e. The highest BCUT2D eigenvalue weighted by molar-refractivity contribution is 5.70. The average molecular weight is 329 g/mol. The van der Waals surface area contributed by atoms with Crippen LogP contribution in [0, 0.1) is 0 Å². The molecule has 2 aromatic heterocycles. The van der Waals surface area contributed by atoms with Crippen molar-refractivity contribution in [2.24, 2.45) is 0 Å². The molecule has 0 bridgehead atoms. The predicted octanol–water partition coefficient (Wildman–Crippen LogP) is 1.56. The molecule has 3 heterocycles. The summed E-state index contributed by atoms with van der Waals surface area (Å²) in [4.78, 5) is 6.35. The lowest BCUT2D eigenvalue weighted by Gasteiger charge is -2.37. The van der Waals surface area contributed by atoms with Crippen molar-refractivity contribution in [2.75, 3.05) is 38.3 Å². The third kappa shape index (κ3) is 3.25. The van der Waals surface area contributed by atoms with Gasteiger partial charge in [-0.2, -0.15) is 18.3 Å². The van der Waals surface area contributed by atoms with Crippen LogP contribution in [0.2, 0.25) is 0 Å². The van der Waals surface area contributed by atoms with Gasteiger partial charge < -0.3 is 15.0 Å². The lowest BCUT2D eigenvalue weighted by Crippen LogP contribution is -2.52.